The number of benzene rings is 2. The highest BCUT2D eigenvalue weighted by Gasteiger charge is 2.24. The number of ether oxygens (including phenoxy) is 1. The Labute approximate surface area is 182 Å². The molecule has 2 heterocycles. The largest absolute Gasteiger partial charge is 0.493 e. The molecule has 4 rings (SSSR count). The maximum Gasteiger partial charge on any atom is 0.268 e. The Morgan fingerprint density at radius 1 is 1.20 bits per heavy atom. The molecule has 154 valence electrons. The highest BCUT2D eigenvalue weighted by molar-refractivity contribution is 7.17. The Morgan fingerprint density at radius 3 is 2.73 bits per heavy atom. The van der Waals surface area contributed by atoms with Crippen LogP contribution in [0.4, 0.5) is 10.1 Å². The van der Waals surface area contributed by atoms with Gasteiger partial charge in [-0.1, -0.05) is 11.6 Å². The van der Waals surface area contributed by atoms with E-state index in [1.54, 1.807) is 26.2 Å². The van der Waals surface area contributed by atoms with Crippen molar-refractivity contribution in [1.29, 1.82) is 0 Å². The molecule has 0 bridgehead atoms. The zero-order chi connectivity index (χ0) is 21.4. The smallest absolute Gasteiger partial charge is 0.268 e. The van der Waals surface area contributed by atoms with Crippen LogP contribution in [0.3, 0.4) is 0 Å². The molecule has 8 heteroatoms. The summed E-state index contributed by atoms with van der Waals surface area (Å²) in [5.41, 5.74) is 2.80. The van der Waals surface area contributed by atoms with Crippen molar-refractivity contribution in [3.05, 3.63) is 69.3 Å². The second kappa shape index (κ2) is 8.08. The van der Waals surface area contributed by atoms with Crippen molar-refractivity contribution in [3.8, 4) is 16.2 Å². The fraction of sp³-hybridized carbons (Fsp3) is 0.182. The number of carbonyl (C=O) groups excluding carboxylic acids is 2. The van der Waals surface area contributed by atoms with Crippen LogP contribution in [0.2, 0.25) is 5.02 Å². The first-order valence-corrected chi connectivity index (χ1v) is 10.4. The van der Waals surface area contributed by atoms with E-state index in [4.69, 9.17) is 16.3 Å². The molecule has 0 unspecified atom stereocenters. The first-order chi connectivity index (χ1) is 14.4. The van der Waals surface area contributed by atoms with E-state index in [2.05, 4.69) is 5.32 Å². The summed E-state index contributed by atoms with van der Waals surface area (Å²) in [6.45, 7) is 0.446. The first-order valence-electron chi connectivity index (χ1n) is 9.24. The summed E-state index contributed by atoms with van der Waals surface area (Å²) in [5, 5.41) is 2.77. The number of rotatable bonds is 3. The molecule has 0 atom stereocenters. The number of amides is 2. The van der Waals surface area contributed by atoms with E-state index in [1.807, 2.05) is 12.1 Å². The molecule has 2 aromatic carbocycles. The number of hydrogen-bond acceptors (Lipinski definition) is 4. The van der Waals surface area contributed by atoms with Gasteiger partial charge in [0.05, 0.1) is 22.2 Å². The van der Waals surface area contributed by atoms with Gasteiger partial charge in [-0.05, 0) is 48.0 Å². The van der Waals surface area contributed by atoms with Gasteiger partial charge in [0.25, 0.3) is 11.8 Å². The topological polar surface area (TPSA) is 58.6 Å². The first kappa shape index (κ1) is 20.4. The lowest BCUT2D eigenvalue weighted by molar-refractivity contribution is 0.0961. The van der Waals surface area contributed by atoms with E-state index in [0.29, 0.717) is 34.9 Å². The van der Waals surface area contributed by atoms with Crippen molar-refractivity contribution in [3.63, 3.8) is 0 Å². The third kappa shape index (κ3) is 3.66. The minimum atomic E-state index is -0.458. The summed E-state index contributed by atoms with van der Waals surface area (Å²) in [4.78, 5) is 27.9. The average Bonchev–Trinajstić information content (AvgIpc) is 3.08. The monoisotopic (exact) mass is 444 g/mol. The Hall–Kier alpha value is -2.90. The Morgan fingerprint density at radius 2 is 2.00 bits per heavy atom. The summed E-state index contributed by atoms with van der Waals surface area (Å²) in [6.07, 6.45) is 0.643. The van der Waals surface area contributed by atoms with Crippen LogP contribution in [0.15, 0.2) is 42.5 Å². The molecule has 1 aromatic heterocycles. The molecule has 0 saturated carbocycles. The molecule has 1 aliphatic rings. The van der Waals surface area contributed by atoms with E-state index in [9.17, 15) is 14.0 Å². The molecular formula is C22H18ClFN2O3S. The van der Waals surface area contributed by atoms with Gasteiger partial charge in [0.15, 0.2) is 0 Å². The summed E-state index contributed by atoms with van der Waals surface area (Å²) < 4.78 is 19.2. The number of thiophene rings is 1. The van der Waals surface area contributed by atoms with Gasteiger partial charge < -0.3 is 15.0 Å². The second-order valence-corrected chi connectivity index (χ2v) is 8.27. The van der Waals surface area contributed by atoms with Crippen LogP contribution in [0.25, 0.3) is 10.4 Å². The van der Waals surface area contributed by atoms with E-state index in [-0.39, 0.29) is 16.8 Å². The van der Waals surface area contributed by atoms with Gasteiger partial charge in [-0.2, -0.15) is 0 Å². The van der Waals surface area contributed by atoms with Gasteiger partial charge in [-0.15, -0.1) is 11.3 Å². The molecule has 0 aliphatic carbocycles. The van der Waals surface area contributed by atoms with Gasteiger partial charge in [0.2, 0.25) is 0 Å². The standard InChI is InChI=1S/C22H18ClFN2O3S/c1-25-21(27)13-3-5-15-18(9-13)29-8-7-12-10-19(30-20(12)15)22(28)26(2)17-6-4-14(24)11-16(17)23/h3-6,9-11H,7-8H2,1-2H3,(H,25,27). The van der Waals surface area contributed by atoms with E-state index >= 15 is 0 Å². The van der Waals surface area contributed by atoms with Gasteiger partial charge in [0, 0.05) is 36.5 Å². The maximum atomic E-state index is 13.3. The predicted octanol–water partition coefficient (Wildman–Crippen LogP) is 4.78. The van der Waals surface area contributed by atoms with E-state index in [1.165, 1.54) is 34.4 Å². The lowest BCUT2D eigenvalue weighted by Crippen LogP contribution is -2.25. The lowest BCUT2D eigenvalue weighted by atomic mass is 10.0. The molecule has 0 spiro atoms. The van der Waals surface area contributed by atoms with Gasteiger partial charge in [-0.25, -0.2) is 4.39 Å². The van der Waals surface area contributed by atoms with Crippen molar-refractivity contribution >= 4 is 40.4 Å². The summed E-state index contributed by atoms with van der Waals surface area (Å²) in [5.74, 6) is -0.262. The van der Waals surface area contributed by atoms with Gasteiger partial charge in [0.1, 0.15) is 11.6 Å². The lowest BCUT2D eigenvalue weighted by Gasteiger charge is -2.18. The quantitative estimate of drug-likeness (QED) is 0.632. The summed E-state index contributed by atoms with van der Waals surface area (Å²) in [6, 6.07) is 11.1. The van der Waals surface area contributed by atoms with E-state index in [0.717, 1.165) is 16.0 Å². The Balaban J connectivity index is 1.70. The average molecular weight is 445 g/mol. The van der Waals surface area contributed by atoms with Crippen molar-refractivity contribution in [2.24, 2.45) is 0 Å². The molecule has 3 aromatic rings. The van der Waals surface area contributed by atoms with Crippen LogP contribution >= 0.6 is 22.9 Å². The SMILES string of the molecule is CNC(=O)c1ccc2c(c1)OCCc1cc(C(=O)N(C)c3ccc(F)cc3Cl)sc1-2. The molecule has 1 aliphatic heterocycles. The second-order valence-electron chi connectivity index (χ2n) is 6.81. The molecule has 1 N–H and O–H groups in total. The molecule has 0 saturated heterocycles. The van der Waals surface area contributed by atoms with Crippen LogP contribution in [-0.4, -0.2) is 32.5 Å². The van der Waals surface area contributed by atoms with Crippen LogP contribution in [0.1, 0.15) is 25.6 Å². The van der Waals surface area contributed by atoms with Crippen molar-refractivity contribution in [1.82, 2.24) is 5.32 Å². The molecule has 2 amide bonds. The van der Waals surface area contributed by atoms with Crippen molar-refractivity contribution < 1.29 is 18.7 Å². The van der Waals surface area contributed by atoms with Gasteiger partial charge in [-0.3, -0.25) is 9.59 Å². The third-order valence-electron chi connectivity index (χ3n) is 4.94. The molecule has 0 fully saturated rings. The zero-order valence-electron chi connectivity index (χ0n) is 16.3. The molecule has 30 heavy (non-hydrogen) atoms. The molecular weight excluding hydrogens is 427 g/mol. The van der Waals surface area contributed by atoms with Gasteiger partial charge >= 0.3 is 0 Å². The van der Waals surface area contributed by atoms with Crippen LogP contribution in [-0.2, 0) is 6.42 Å². The number of nitrogens with zero attached hydrogens (tertiary/aromatic N) is 1. The zero-order valence-corrected chi connectivity index (χ0v) is 17.9. The fourth-order valence-corrected chi connectivity index (χ4v) is 4.87. The molecule has 5 nitrogen and oxygen atoms in total. The Kier molecular flexibility index (Phi) is 5.49. The number of halogens is 2. The summed E-state index contributed by atoms with van der Waals surface area (Å²) in [7, 11) is 3.19. The Bertz CT molecular complexity index is 1160. The van der Waals surface area contributed by atoms with Crippen molar-refractivity contribution in [2.75, 3.05) is 25.6 Å². The number of hydrogen-bond donors (Lipinski definition) is 1. The van der Waals surface area contributed by atoms with E-state index < -0.39 is 5.82 Å². The third-order valence-corrected chi connectivity index (χ3v) is 6.44. The van der Waals surface area contributed by atoms with Crippen LogP contribution in [0.5, 0.6) is 5.75 Å². The summed E-state index contributed by atoms with van der Waals surface area (Å²) >= 11 is 7.48. The highest BCUT2D eigenvalue weighted by atomic mass is 35.5. The number of nitrogens with one attached hydrogen (secondary N) is 1. The minimum Gasteiger partial charge on any atom is -0.493 e. The molecule has 0 radical (unpaired) electrons. The van der Waals surface area contributed by atoms with Crippen LogP contribution < -0.4 is 15.0 Å². The predicted molar refractivity (Wildman–Crippen MR) is 116 cm³/mol. The minimum absolute atomic E-state index is 0.171. The van der Waals surface area contributed by atoms with Crippen LogP contribution in [0, 0.1) is 5.82 Å². The normalized spacial score (nSPS) is 12.3. The highest BCUT2D eigenvalue weighted by Crippen LogP contribution is 2.41. The number of anilines is 1. The fourth-order valence-electron chi connectivity index (χ4n) is 3.36. The maximum absolute atomic E-state index is 13.3. The number of carbonyl (C=O) groups is 2. The van der Waals surface area contributed by atoms with Crippen molar-refractivity contribution in [2.45, 2.75) is 6.42 Å². The number of fused-ring (bicyclic) bond motifs is 3.